The van der Waals surface area contributed by atoms with Gasteiger partial charge in [0.05, 0.1) is 0 Å². The Morgan fingerprint density at radius 1 is 1.21 bits per heavy atom. The van der Waals surface area contributed by atoms with Crippen molar-refractivity contribution in [2.75, 3.05) is 26.7 Å². The maximum absolute atomic E-state index is 10.0. The van der Waals surface area contributed by atoms with E-state index in [9.17, 15) is 5.11 Å². The lowest BCUT2D eigenvalue weighted by Gasteiger charge is -2.48. The van der Waals surface area contributed by atoms with Gasteiger partial charge in [-0.3, -0.25) is 4.90 Å². The van der Waals surface area contributed by atoms with Crippen molar-refractivity contribution in [3.05, 3.63) is 29.8 Å². The fourth-order valence-corrected chi connectivity index (χ4v) is 4.85. The zero-order valence-electron chi connectivity index (χ0n) is 15.5. The third-order valence-corrected chi connectivity index (χ3v) is 6.40. The van der Waals surface area contributed by atoms with Crippen LogP contribution in [0, 0.1) is 0 Å². The molecule has 1 aromatic rings. The second-order valence-electron chi connectivity index (χ2n) is 7.83. The van der Waals surface area contributed by atoms with Crippen LogP contribution in [0.5, 0.6) is 5.75 Å². The van der Waals surface area contributed by atoms with Crippen LogP contribution in [-0.2, 0) is 5.54 Å². The van der Waals surface area contributed by atoms with Crippen molar-refractivity contribution in [3.8, 4) is 5.75 Å². The number of phenols is 1. The minimum absolute atomic E-state index is 0.101. The molecule has 0 bridgehead atoms. The molecule has 3 rings (SSSR count). The first-order valence-corrected chi connectivity index (χ1v) is 9.90. The molecule has 1 aromatic carbocycles. The van der Waals surface area contributed by atoms with Crippen LogP contribution < -0.4 is 0 Å². The van der Waals surface area contributed by atoms with Crippen LogP contribution in [0.2, 0.25) is 0 Å². The maximum atomic E-state index is 10.0. The van der Waals surface area contributed by atoms with Gasteiger partial charge in [-0.2, -0.15) is 0 Å². The summed E-state index contributed by atoms with van der Waals surface area (Å²) in [4.78, 5) is 5.30. The Morgan fingerprint density at radius 3 is 2.54 bits per heavy atom. The normalized spacial score (nSPS) is 28.5. The van der Waals surface area contributed by atoms with Gasteiger partial charge in [0.1, 0.15) is 5.75 Å². The Balaban J connectivity index is 1.78. The third kappa shape index (κ3) is 3.62. The van der Waals surface area contributed by atoms with Gasteiger partial charge in [0.25, 0.3) is 0 Å². The number of nitrogens with zero attached hydrogens (tertiary/aromatic N) is 2. The summed E-state index contributed by atoms with van der Waals surface area (Å²) >= 11 is 0. The highest BCUT2D eigenvalue weighted by Gasteiger charge is 2.41. The molecular formula is C21H34N2O. The van der Waals surface area contributed by atoms with Crippen molar-refractivity contribution >= 4 is 0 Å². The summed E-state index contributed by atoms with van der Waals surface area (Å²) in [7, 11) is 2.29. The SMILES string of the molecule is CCCCN(C)C1(c2cccc(O)c2)CCC(N2CCCC2)CC1. The lowest BCUT2D eigenvalue weighted by molar-refractivity contribution is 0.0381. The lowest BCUT2D eigenvalue weighted by Crippen LogP contribution is -2.50. The van der Waals surface area contributed by atoms with Gasteiger partial charge in [-0.25, -0.2) is 0 Å². The van der Waals surface area contributed by atoms with Crippen molar-refractivity contribution in [1.29, 1.82) is 0 Å². The predicted octanol–water partition coefficient (Wildman–Crippen LogP) is 4.36. The largest absolute Gasteiger partial charge is 0.508 e. The van der Waals surface area contributed by atoms with E-state index < -0.39 is 0 Å². The van der Waals surface area contributed by atoms with Crippen LogP contribution in [0.4, 0.5) is 0 Å². The first-order chi connectivity index (χ1) is 11.7. The quantitative estimate of drug-likeness (QED) is 0.839. The molecule has 2 fully saturated rings. The van der Waals surface area contributed by atoms with Gasteiger partial charge in [-0.1, -0.05) is 25.5 Å². The van der Waals surface area contributed by atoms with Crippen LogP contribution in [0.25, 0.3) is 0 Å². The highest BCUT2D eigenvalue weighted by atomic mass is 16.3. The van der Waals surface area contributed by atoms with E-state index in [2.05, 4.69) is 29.8 Å². The van der Waals surface area contributed by atoms with E-state index in [1.807, 2.05) is 12.1 Å². The summed E-state index contributed by atoms with van der Waals surface area (Å²) in [6, 6.07) is 8.79. The molecule has 1 saturated heterocycles. The highest BCUT2D eigenvalue weighted by Crippen LogP contribution is 2.44. The standard InChI is InChI=1S/C21H34N2O/c1-3-4-14-22(2)21(18-8-7-9-20(24)17-18)12-10-19(11-13-21)23-15-5-6-16-23/h7-9,17,19,24H,3-6,10-16H2,1-2H3. The molecule has 0 aromatic heterocycles. The number of hydrogen-bond acceptors (Lipinski definition) is 3. The van der Waals surface area contributed by atoms with Crippen molar-refractivity contribution in [2.24, 2.45) is 0 Å². The highest BCUT2D eigenvalue weighted by molar-refractivity contribution is 5.33. The first-order valence-electron chi connectivity index (χ1n) is 9.90. The second kappa shape index (κ2) is 7.88. The van der Waals surface area contributed by atoms with Crippen molar-refractivity contribution in [1.82, 2.24) is 9.80 Å². The van der Waals surface area contributed by atoms with E-state index in [-0.39, 0.29) is 5.54 Å². The van der Waals surface area contributed by atoms with Crippen LogP contribution >= 0.6 is 0 Å². The molecule has 2 aliphatic rings. The summed E-state index contributed by atoms with van der Waals surface area (Å²) in [5, 5.41) is 10.0. The van der Waals surface area contributed by atoms with Gasteiger partial charge in [0.15, 0.2) is 0 Å². The molecule has 1 aliphatic carbocycles. The van der Waals surface area contributed by atoms with Gasteiger partial charge in [-0.05, 0) is 89.3 Å². The summed E-state index contributed by atoms with van der Waals surface area (Å²) < 4.78 is 0. The molecule has 1 N–H and O–H groups in total. The Morgan fingerprint density at radius 2 is 1.92 bits per heavy atom. The van der Waals surface area contributed by atoms with Crippen molar-refractivity contribution in [2.45, 2.75) is 69.9 Å². The Kier molecular flexibility index (Phi) is 5.83. The minimum Gasteiger partial charge on any atom is -0.508 e. The summed E-state index contributed by atoms with van der Waals surface area (Å²) in [6.45, 7) is 6.00. The van der Waals surface area contributed by atoms with Crippen LogP contribution in [0.15, 0.2) is 24.3 Å². The van der Waals surface area contributed by atoms with E-state index in [1.54, 1.807) is 6.07 Å². The van der Waals surface area contributed by atoms with Crippen molar-refractivity contribution < 1.29 is 5.11 Å². The Bertz CT molecular complexity index is 516. The number of benzene rings is 1. The topological polar surface area (TPSA) is 26.7 Å². The average Bonchev–Trinajstić information content (AvgIpc) is 3.14. The van der Waals surface area contributed by atoms with E-state index in [1.165, 1.54) is 70.0 Å². The molecule has 134 valence electrons. The van der Waals surface area contributed by atoms with Gasteiger partial charge in [0.2, 0.25) is 0 Å². The molecule has 1 aliphatic heterocycles. The molecular weight excluding hydrogens is 296 g/mol. The first kappa shape index (κ1) is 17.8. The molecule has 1 saturated carbocycles. The molecule has 0 amide bonds. The van der Waals surface area contributed by atoms with E-state index in [0.29, 0.717) is 5.75 Å². The molecule has 3 heteroatoms. The zero-order chi connectivity index (χ0) is 17.0. The van der Waals surface area contributed by atoms with E-state index in [4.69, 9.17) is 0 Å². The predicted molar refractivity (Wildman–Crippen MR) is 100 cm³/mol. The number of phenolic OH excluding ortho intramolecular Hbond substituents is 1. The number of hydrogen-bond donors (Lipinski definition) is 1. The van der Waals surface area contributed by atoms with Crippen LogP contribution in [-0.4, -0.2) is 47.6 Å². The maximum Gasteiger partial charge on any atom is 0.115 e. The van der Waals surface area contributed by atoms with Gasteiger partial charge < -0.3 is 10.0 Å². The van der Waals surface area contributed by atoms with E-state index >= 15 is 0 Å². The number of rotatable bonds is 6. The van der Waals surface area contributed by atoms with Crippen LogP contribution in [0.3, 0.4) is 0 Å². The summed E-state index contributed by atoms with van der Waals surface area (Å²) in [5.41, 5.74) is 1.41. The third-order valence-electron chi connectivity index (χ3n) is 6.40. The Labute approximate surface area is 147 Å². The van der Waals surface area contributed by atoms with E-state index in [0.717, 1.165) is 12.6 Å². The molecule has 3 nitrogen and oxygen atoms in total. The van der Waals surface area contributed by atoms with Gasteiger partial charge >= 0.3 is 0 Å². The molecule has 0 atom stereocenters. The lowest BCUT2D eigenvalue weighted by atomic mass is 9.73. The summed E-state index contributed by atoms with van der Waals surface area (Å²) in [5.74, 6) is 0.400. The molecule has 0 unspecified atom stereocenters. The fraction of sp³-hybridized carbons (Fsp3) is 0.714. The zero-order valence-corrected chi connectivity index (χ0v) is 15.5. The monoisotopic (exact) mass is 330 g/mol. The van der Waals surface area contributed by atoms with Crippen molar-refractivity contribution in [3.63, 3.8) is 0 Å². The second-order valence-corrected chi connectivity index (χ2v) is 7.83. The molecule has 1 heterocycles. The minimum atomic E-state index is 0.101. The molecule has 0 spiro atoms. The molecule has 24 heavy (non-hydrogen) atoms. The average molecular weight is 331 g/mol. The van der Waals surface area contributed by atoms with Gasteiger partial charge in [-0.15, -0.1) is 0 Å². The Hall–Kier alpha value is -1.06. The number of likely N-dealkylation sites (tertiary alicyclic amines) is 1. The number of unbranched alkanes of at least 4 members (excludes halogenated alkanes) is 1. The molecule has 0 radical (unpaired) electrons. The number of aromatic hydroxyl groups is 1. The van der Waals surface area contributed by atoms with Gasteiger partial charge in [0, 0.05) is 11.6 Å². The van der Waals surface area contributed by atoms with Crippen LogP contribution in [0.1, 0.15) is 63.9 Å². The summed E-state index contributed by atoms with van der Waals surface area (Å²) in [6.07, 6.45) is 10.2. The smallest absolute Gasteiger partial charge is 0.115 e. The fourth-order valence-electron chi connectivity index (χ4n) is 4.85.